The third kappa shape index (κ3) is 28.9. The number of phosphoric acid groups is 1. The molecule has 0 aliphatic heterocycles. The van der Waals surface area contributed by atoms with Gasteiger partial charge in [0.15, 0.2) is 6.10 Å². The largest absolute Gasteiger partial charge is 0.472 e. The summed E-state index contributed by atoms with van der Waals surface area (Å²) in [5, 5.41) is 0. The van der Waals surface area contributed by atoms with Crippen molar-refractivity contribution in [3.63, 3.8) is 0 Å². The molecule has 0 aliphatic rings. The first kappa shape index (κ1) is 40.0. The Morgan fingerprint density at radius 2 is 1.10 bits per heavy atom. The molecule has 0 heterocycles. The van der Waals surface area contributed by atoms with Crippen LogP contribution in [-0.2, 0) is 32.7 Å². The summed E-state index contributed by atoms with van der Waals surface area (Å²) in [6.45, 7) is 4.32. The van der Waals surface area contributed by atoms with E-state index in [1.807, 2.05) is 21.1 Å². The lowest BCUT2D eigenvalue weighted by molar-refractivity contribution is -0.870. The van der Waals surface area contributed by atoms with Gasteiger partial charge in [-0.05, 0) is 12.8 Å². The van der Waals surface area contributed by atoms with Crippen molar-refractivity contribution in [2.75, 3.05) is 47.5 Å². The predicted octanol–water partition coefficient (Wildman–Crippen LogP) is 7.73. The zero-order valence-corrected chi connectivity index (χ0v) is 27.9. The second-order valence-electron chi connectivity index (χ2n) is 12.2. The van der Waals surface area contributed by atoms with Gasteiger partial charge in [0.25, 0.3) is 0 Å². The van der Waals surface area contributed by atoms with E-state index in [9.17, 15) is 19.0 Å². The van der Waals surface area contributed by atoms with E-state index in [4.69, 9.17) is 18.5 Å². The lowest BCUT2D eigenvalue weighted by atomic mass is 10.1. The summed E-state index contributed by atoms with van der Waals surface area (Å²) >= 11 is 0. The Kier molecular flexibility index (Phi) is 24.9. The van der Waals surface area contributed by atoms with Crippen molar-refractivity contribution in [1.82, 2.24) is 0 Å². The van der Waals surface area contributed by atoms with Gasteiger partial charge in [-0.25, -0.2) is 4.57 Å². The van der Waals surface area contributed by atoms with Crippen molar-refractivity contribution in [2.24, 2.45) is 0 Å². The number of ether oxygens (including phenoxy) is 2. The van der Waals surface area contributed by atoms with E-state index in [1.165, 1.54) is 57.8 Å². The Bertz CT molecular complexity index is 698. The van der Waals surface area contributed by atoms with Gasteiger partial charge in [-0.3, -0.25) is 18.6 Å². The molecule has 0 bridgehead atoms. The van der Waals surface area contributed by atoms with E-state index in [-0.39, 0.29) is 25.6 Å². The number of hydrogen-bond donors (Lipinski definition) is 1. The molecule has 1 unspecified atom stereocenters. The molecule has 0 spiro atoms. The van der Waals surface area contributed by atoms with Gasteiger partial charge in [0.05, 0.1) is 27.7 Å². The molecule has 0 aromatic rings. The summed E-state index contributed by atoms with van der Waals surface area (Å²) in [6, 6.07) is 0. The lowest BCUT2D eigenvalue weighted by Gasteiger charge is -2.24. The molecule has 0 saturated heterocycles. The van der Waals surface area contributed by atoms with E-state index < -0.39 is 26.5 Å². The predicted molar refractivity (Wildman–Crippen MR) is 165 cm³/mol. The number of carbonyl (C=O) groups is 2. The summed E-state index contributed by atoms with van der Waals surface area (Å²) in [7, 11) is 1.48. The van der Waals surface area contributed by atoms with Gasteiger partial charge >= 0.3 is 19.8 Å². The maximum atomic E-state index is 12.4. The number of esters is 2. The Labute approximate surface area is 251 Å². The normalized spacial score (nSPS) is 14.0. The highest BCUT2D eigenvalue weighted by Gasteiger charge is 2.27. The van der Waals surface area contributed by atoms with Gasteiger partial charge in [0, 0.05) is 12.8 Å². The molecule has 0 aromatic heterocycles. The van der Waals surface area contributed by atoms with E-state index >= 15 is 0 Å². The smallest absolute Gasteiger partial charge is 0.462 e. The van der Waals surface area contributed by atoms with Gasteiger partial charge in [0.1, 0.15) is 19.8 Å². The van der Waals surface area contributed by atoms with Crippen molar-refractivity contribution < 1.29 is 42.1 Å². The first-order valence-corrected chi connectivity index (χ1v) is 17.8. The number of likely N-dealkylation sites (N-methyl/N-ethyl adjacent to an activating group) is 1. The van der Waals surface area contributed by atoms with Crippen LogP contribution in [0.2, 0.25) is 0 Å². The molecule has 0 amide bonds. The number of nitrogens with zero attached hydrogens (tertiary/aromatic N) is 1. The van der Waals surface area contributed by atoms with E-state index in [2.05, 4.69) is 13.8 Å². The minimum atomic E-state index is -4.34. The van der Waals surface area contributed by atoms with E-state index in [0.717, 1.165) is 44.9 Å². The van der Waals surface area contributed by atoms with Crippen molar-refractivity contribution in [3.05, 3.63) is 0 Å². The summed E-state index contributed by atoms with van der Waals surface area (Å²) in [4.78, 5) is 34.7. The maximum Gasteiger partial charge on any atom is 0.472 e. The molecule has 41 heavy (non-hydrogen) atoms. The van der Waals surface area contributed by atoms with Gasteiger partial charge in [0.2, 0.25) is 0 Å². The molecule has 1 N–H and O–H groups in total. The Hall–Kier alpha value is -0.990. The van der Waals surface area contributed by atoms with Gasteiger partial charge in [-0.1, -0.05) is 110 Å². The van der Waals surface area contributed by atoms with Crippen molar-refractivity contribution in [2.45, 2.75) is 142 Å². The lowest BCUT2D eigenvalue weighted by Crippen LogP contribution is -2.37. The summed E-state index contributed by atoms with van der Waals surface area (Å²) in [5.41, 5.74) is 0. The highest BCUT2D eigenvalue weighted by Crippen LogP contribution is 2.43. The Morgan fingerprint density at radius 3 is 1.56 bits per heavy atom. The zero-order valence-electron chi connectivity index (χ0n) is 27.0. The molecule has 0 rings (SSSR count). The fourth-order valence-electron chi connectivity index (χ4n) is 4.25. The van der Waals surface area contributed by atoms with E-state index in [0.29, 0.717) is 23.9 Å². The standard InChI is InChI=1S/C31H62NO8P/c1-6-8-10-12-14-15-16-17-18-20-21-23-30(33)37-27-29(40-31(34)24-22-19-13-11-9-7-2)28-39-41(35,36)38-26-25-32(3,4)5/h29H,6-28H2,1-5H3/p+1/t29-/m1/s1. The van der Waals surface area contributed by atoms with Crippen LogP contribution in [0.15, 0.2) is 0 Å². The zero-order chi connectivity index (χ0) is 30.8. The maximum absolute atomic E-state index is 12.4. The van der Waals surface area contributed by atoms with Crippen LogP contribution in [0.5, 0.6) is 0 Å². The molecule has 244 valence electrons. The number of hydrogen-bond acceptors (Lipinski definition) is 7. The number of rotatable bonds is 29. The molecular weight excluding hydrogens is 545 g/mol. The van der Waals surface area contributed by atoms with Crippen LogP contribution in [0.25, 0.3) is 0 Å². The Morgan fingerprint density at radius 1 is 0.659 bits per heavy atom. The van der Waals surface area contributed by atoms with Crippen LogP contribution >= 0.6 is 7.82 Å². The van der Waals surface area contributed by atoms with Crippen LogP contribution in [0.3, 0.4) is 0 Å². The number of unbranched alkanes of at least 4 members (excludes halogenated alkanes) is 15. The summed E-state index contributed by atoms with van der Waals surface area (Å²) in [6.07, 6.45) is 18.9. The number of phosphoric ester groups is 1. The second-order valence-corrected chi connectivity index (χ2v) is 13.7. The highest BCUT2D eigenvalue weighted by molar-refractivity contribution is 7.47. The average molecular weight is 609 g/mol. The minimum Gasteiger partial charge on any atom is -0.462 e. The highest BCUT2D eigenvalue weighted by atomic mass is 31.2. The van der Waals surface area contributed by atoms with Gasteiger partial charge < -0.3 is 18.9 Å². The molecule has 0 aliphatic carbocycles. The topological polar surface area (TPSA) is 108 Å². The fraction of sp³-hybridized carbons (Fsp3) is 0.935. The molecular formula is C31H63NO8P+. The quantitative estimate of drug-likeness (QED) is 0.0398. The van der Waals surface area contributed by atoms with Crippen molar-refractivity contribution in [1.29, 1.82) is 0 Å². The van der Waals surface area contributed by atoms with Crippen LogP contribution in [-0.4, -0.2) is 74.9 Å². The molecule has 0 aromatic carbocycles. The molecule has 0 radical (unpaired) electrons. The van der Waals surface area contributed by atoms with Gasteiger partial charge in [-0.15, -0.1) is 0 Å². The summed E-state index contributed by atoms with van der Waals surface area (Å²) in [5.74, 6) is -0.807. The van der Waals surface area contributed by atoms with Crippen molar-refractivity contribution in [3.8, 4) is 0 Å². The molecule has 2 atom stereocenters. The average Bonchev–Trinajstić information content (AvgIpc) is 2.90. The van der Waals surface area contributed by atoms with Crippen LogP contribution in [0.4, 0.5) is 0 Å². The third-order valence-corrected chi connectivity index (χ3v) is 7.87. The number of carbonyl (C=O) groups excluding carboxylic acids is 2. The summed E-state index contributed by atoms with van der Waals surface area (Å²) < 4.78 is 33.8. The molecule has 0 saturated carbocycles. The SMILES string of the molecule is CCCCCCCCCCCCCC(=O)OC[C@H](COP(=O)(O)OCC[N+](C)(C)C)OC(=O)CCCCCCCC. The van der Waals surface area contributed by atoms with E-state index in [1.54, 1.807) is 0 Å². The van der Waals surface area contributed by atoms with Crippen LogP contribution in [0, 0.1) is 0 Å². The first-order valence-electron chi connectivity index (χ1n) is 16.3. The second kappa shape index (κ2) is 25.5. The molecule has 10 heteroatoms. The molecule has 0 fully saturated rings. The third-order valence-electron chi connectivity index (χ3n) is 6.89. The fourth-order valence-corrected chi connectivity index (χ4v) is 4.99. The molecule has 9 nitrogen and oxygen atoms in total. The number of quaternary nitrogens is 1. The monoisotopic (exact) mass is 608 g/mol. The minimum absolute atomic E-state index is 0.0354. The van der Waals surface area contributed by atoms with Crippen molar-refractivity contribution >= 4 is 19.8 Å². The first-order chi connectivity index (χ1) is 19.5. The van der Waals surface area contributed by atoms with Crippen LogP contribution in [0.1, 0.15) is 136 Å². The Balaban J connectivity index is 4.45. The van der Waals surface area contributed by atoms with Crippen LogP contribution < -0.4 is 0 Å². The van der Waals surface area contributed by atoms with Gasteiger partial charge in [-0.2, -0.15) is 0 Å².